The number of hydrogen-bond donors (Lipinski definition) is 8. The maximum atomic E-state index is 12.8. The van der Waals surface area contributed by atoms with Gasteiger partial charge in [-0.1, -0.05) is 49.6 Å². The van der Waals surface area contributed by atoms with Gasteiger partial charge in [-0.3, -0.25) is 48.3 Å². The van der Waals surface area contributed by atoms with E-state index in [1.807, 2.05) is 0 Å². The van der Waals surface area contributed by atoms with Crippen LogP contribution in [0.15, 0.2) is 67.3 Å². The van der Waals surface area contributed by atoms with Gasteiger partial charge in [-0.2, -0.15) is 5.70 Å². The Hall–Kier alpha value is -6.09. The summed E-state index contributed by atoms with van der Waals surface area (Å²) in [6.45, 7) is 6.19. The van der Waals surface area contributed by atoms with E-state index in [4.69, 9.17) is 20.6 Å². The molecule has 0 amide bonds. The summed E-state index contributed by atoms with van der Waals surface area (Å²) >= 11 is 0. The smallest absolute Gasteiger partial charge is 0.307 e. The molecule has 0 spiro atoms. The van der Waals surface area contributed by atoms with Gasteiger partial charge in [-0.25, -0.2) is 0 Å². The molecule has 349 valence electrons. The molecule has 8 N–H and O–H groups in total. The Morgan fingerprint density at radius 1 is 0.641 bits per heavy atom. The molecule has 6 atom stereocenters. The monoisotopic (exact) mass is 937 g/mol. The van der Waals surface area contributed by atoms with Crippen molar-refractivity contribution < 1.29 is 96.0 Å². The zero-order chi connectivity index (χ0) is 47.0. The molecule has 0 saturated carbocycles. The second kappa shape index (κ2) is 18.9. The first kappa shape index (κ1) is 50.6. The first-order valence-electron chi connectivity index (χ1n) is 20.2. The van der Waals surface area contributed by atoms with Crippen LogP contribution in [-0.2, 0) is 55.1 Å². The molecule has 0 aromatic carbocycles. The van der Waals surface area contributed by atoms with Crippen LogP contribution in [-0.4, -0.2) is 106 Å². The Kier molecular flexibility index (Phi) is 15.0. The fourth-order valence-electron chi connectivity index (χ4n) is 9.96. The number of nitrogens with zero attached hydrogens (tertiary/aromatic N) is 4. The number of carboxylic acids is 8. The van der Waals surface area contributed by atoms with Crippen LogP contribution in [0, 0.1) is 28.1 Å². The van der Waals surface area contributed by atoms with Gasteiger partial charge in [0.1, 0.15) is 0 Å². The molecule has 5 aliphatic rings. The molecule has 21 heteroatoms. The van der Waals surface area contributed by atoms with Crippen LogP contribution in [0.5, 0.6) is 0 Å². The van der Waals surface area contributed by atoms with Crippen molar-refractivity contribution in [1.29, 1.82) is 0 Å². The zero-order valence-corrected chi connectivity index (χ0v) is 36.5. The summed E-state index contributed by atoms with van der Waals surface area (Å²) in [5, 5.41) is 90.7. The summed E-state index contributed by atoms with van der Waals surface area (Å²) in [5.41, 5.74) is -5.32. The second-order valence-electron chi connectivity index (χ2n) is 17.6. The standard InChI is InChI=1S/C43H52N4O16.Co/c1-40(12-11-33(54)55)24(14-35(58)59)38-39-42(3,19-37(62)63)21(6-9-31(50)51)26(45-39)16-29-41(2,18-36(60)61)22(7-10-32(52)53)27(44-29)17-43(4)23(13-34(56)57)20(5-8-30(48)49)25(47-43)15-28(40)46-38;/h15-16,21,24H,5-14,17-19H2,1-4H3,(H10,44,45,46,47,48,49,50,51,52,53,54,55,56,57,58,59,60,61,62,63);/p-2/t21-,24+,40-,41+,42+,43+;/m1./s1. The zero-order valence-electron chi connectivity index (χ0n) is 35.5. The van der Waals surface area contributed by atoms with Gasteiger partial charge in [-0.15, -0.1) is 11.4 Å². The third kappa shape index (κ3) is 10.1. The Morgan fingerprint density at radius 3 is 1.78 bits per heavy atom. The van der Waals surface area contributed by atoms with Crippen molar-refractivity contribution in [3.63, 3.8) is 0 Å². The SMILES string of the molecule is C[C@@]1(CC(=O)O)C2=NC(=C1CCC(=O)O)C[C@]1(C)[N-]C(=CC3=NC(=C4[N-]C(=C2)[C@@H](CCC(=O)O)[C@]4(C)CC(=O)O)[C@H](CC(=O)O)[C@@]3(C)CCC(=O)O)C(CCC(=O)O)=C1CC(=O)O.[Co]. The number of aliphatic carboxylic acids is 8. The Bertz CT molecular complexity index is 2310. The average Bonchev–Trinajstić information content (AvgIpc) is 3.73. The molecule has 1 fully saturated rings. The third-order valence-corrected chi connectivity index (χ3v) is 13.1. The van der Waals surface area contributed by atoms with Gasteiger partial charge in [0.05, 0.1) is 25.7 Å². The minimum absolute atomic E-state index is 0. The van der Waals surface area contributed by atoms with E-state index in [2.05, 4.69) is 0 Å². The van der Waals surface area contributed by atoms with Crippen LogP contribution in [0.4, 0.5) is 0 Å². The van der Waals surface area contributed by atoms with E-state index in [0.717, 1.165) is 0 Å². The van der Waals surface area contributed by atoms with Gasteiger partial charge in [-0.05, 0) is 55.9 Å². The fourth-order valence-corrected chi connectivity index (χ4v) is 9.96. The minimum atomic E-state index is -1.63. The molecule has 5 aliphatic heterocycles. The van der Waals surface area contributed by atoms with E-state index in [-0.39, 0.29) is 106 Å². The second-order valence-corrected chi connectivity index (χ2v) is 17.6. The summed E-state index contributed by atoms with van der Waals surface area (Å²) < 4.78 is 0. The van der Waals surface area contributed by atoms with Crippen molar-refractivity contribution in [3.05, 3.63) is 68.0 Å². The van der Waals surface area contributed by atoms with Crippen molar-refractivity contribution in [1.82, 2.24) is 0 Å². The van der Waals surface area contributed by atoms with E-state index in [9.17, 15) is 79.2 Å². The summed E-state index contributed by atoms with van der Waals surface area (Å²) in [6, 6.07) is 0. The topological polar surface area (TPSA) is 351 Å². The molecule has 1 radical (unpaired) electrons. The van der Waals surface area contributed by atoms with Crippen molar-refractivity contribution >= 4 is 59.2 Å². The van der Waals surface area contributed by atoms with Gasteiger partial charge >= 0.3 is 47.8 Å². The molecule has 0 aromatic rings. The molecule has 0 unspecified atom stereocenters. The molecule has 64 heavy (non-hydrogen) atoms. The van der Waals surface area contributed by atoms with Crippen LogP contribution in [0.1, 0.15) is 111 Å². The summed E-state index contributed by atoms with van der Waals surface area (Å²) in [4.78, 5) is 109. The predicted octanol–water partition coefficient (Wildman–Crippen LogP) is 5.97. The summed E-state index contributed by atoms with van der Waals surface area (Å²) in [5.74, 6) is -12.5. The average molecular weight is 938 g/mol. The normalized spacial score (nSPS) is 28.1. The van der Waals surface area contributed by atoms with Crippen LogP contribution in [0.3, 0.4) is 0 Å². The molecule has 5 rings (SSSR count). The van der Waals surface area contributed by atoms with Gasteiger partial charge in [0.2, 0.25) is 0 Å². The number of fused-ring (bicyclic) bond motifs is 6. The van der Waals surface area contributed by atoms with Crippen molar-refractivity contribution in [3.8, 4) is 0 Å². The summed E-state index contributed by atoms with van der Waals surface area (Å²) in [7, 11) is 0. The van der Waals surface area contributed by atoms with Crippen molar-refractivity contribution in [2.45, 2.75) is 117 Å². The quantitative estimate of drug-likeness (QED) is 0.0697. The fraction of sp³-hybridized carbons (Fsp3) is 0.535. The predicted molar refractivity (Wildman–Crippen MR) is 220 cm³/mol. The Balaban J connectivity index is 0.00000898. The molecule has 0 aromatic heterocycles. The molecule has 5 heterocycles. The number of carbonyl (C=O) groups is 8. The van der Waals surface area contributed by atoms with E-state index >= 15 is 0 Å². The first-order valence-corrected chi connectivity index (χ1v) is 20.2. The van der Waals surface area contributed by atoms with Gasteiger partial charge in [0, 0.05) is 82.0 Å². The largest absolute Gasteiger partial charge is 0.675 e. The molecule has 1 saturated heterocycles. The Labute approximate surface area is 376 Å². The van der Waals surface area contributed by atoms with Gasteiger partial charge in [0.15, 0.2) is 0 Å². The molecule has 8 bridgehead atoms. The van der Waals surface area contributed by atoms with Gasteiger partial charge < -0.3 is 51.5 Å². The number of rotatable bonds is 20. The molecule has 20 nitrogen and oxygen atoms in total. The van der Waals surface area contributed by atoms with E-state index < -0.39 is 133 Å². The number of allylic oxidation sites excluding steroid dienone is 7. The number of carboxylic acid groups (broad SMARTS) is 8. The Morgan fingerprint density at radius 2 is 1.23 bits per heavy atom. The van der Waals surface area contributed by atoms with Crippen LogP contribution >= 0.6 is 0 Å². The van der Waals surface area contributed by atoms with Crippen LogP contribution in [0.2, 0.25) is 0 Å². The maximum absolute atomic E-state index is 12.8. The van der Waals surface area contributed by atoms with E-state index in [1.54, 1.807) is 13.8 Å². The number of aliphatic imine (C=N–C) groups is 2. The maximum Gasteiger partial charge on any atom is 0.307 e. The molecule has 0 aliphatic carbocycles. The van der Waals surface area contributed by atoms with Gasteiger partial charge in [0.25, 0.3) is 0 Å². The van der Waals surface area contributed by atoms with E-state index in [0.29, 0.717) is 0 Å². The van der Waals surface area contributed by atoms with Crippen LogP contribution in [0.25, 0.3) is 10.6 Å². The summed E-state index contributed by atoms with van der Waals surface area (Å²) in [6.07, 6.45) is -2.97. The minimum Gasteiger partial charge on any atom is -0.675 e. The van der Waals surface area contributed by atoms with Crippen LogP contribution < -0.4 is 0 Å². The molecular formula is C43H50CoN4O16-2. The number of hydrogen-bond acceptors (Lipinski definition) is 10. The first-order chi connectivity index (χ1) is 29.2. The van der Waals surface area contributed by atoms with Crippen molar-refractivity contribution in [2.75, 3.05) is 0 Å². The third-order valence-electron chi connectivity index (χ3n) is 13.1. The molecular weight excluding hydrogens is 887 g/mol. The van der Waals surface area contributed by atoms with Crippen molar-refractivity contribution in [2.24, 2.45) is 38.1 Å². The van der Waals surface area contributed by atoms with E-state index in [1.165, 1.54) is 26.0 Å².